The molecule has 1 saturated heterocycles. The molecule has 0 aromatic carbocycles. The van der Waals surface area contributed by atoms with E-state index >= 15 is 0 Å². The predicted molar refractivity (Wildman–Crippen MR) is 71.3 cm³/mol. The highest BCUT2D eigenvalue weighted by Gasteiger charge is 2.28. The summed E-state index contributed by atoms with van der Waals surface area (Å²) in [5.74, 6) is 0. The Hall–Kier alpha value is -0.120. The fraction of sp³-hybridized carbons (Fsp3) is 1.00. The van der Waals surface area contributed by atoms with Gasteiger partial charge in [-0.15, -0.1) is 0 Å². The minimum atomic E-state index is 0.538. The van der Waals surface area contributed by atoms with E-state index in [-0.39, 0.29) is 0 Å². The lowest BCUT2D eigenvalue weighted by Gasteiger charge is -2.36. The van der Waals surface area contributed by atoms with Gasteiger partial charge in [-0.25, -0.2) is 0 Å². The zero-order valence-corrected chi connectivity index (χ0v) is 11.3. The molecule has 1 heterocycles. The first-order valence-electron chi connectivity index (χ1n) is 7.46. The minimum Gasteiger partial charge on any atom is -0.378 e. The molecule has 0 aromatic heterocycles. The third-order valence-electron chi connectivity index (χ3n) is 4.06. The Morgan fingerprint density at radius 2 is 1.82 bits per heavy atom. The molecule has 0 unspecified atom stereocenters. The maximum absolute atomic E-state index is 5.57. The molecule has 1 N–H and O–H groups in total. The van der Waals surface area contributed by atoms with Crippen molar-refractivity contribution >= 4 is 0 Å². The van der Waals surface area contributed by atoms with Gasteiger partial charge in [0.2, 0.25) is 0 Å². The topological polar surface area (TPSA) is 24.5 Å². The number of nitrogens with zero attached hydrogens (tertiary/aromatic N) is 1. The monoisotopic (exact) mass is 240 g/mol. The third-order valence-corrected chi connectivity index (χ3v) is 4.06. The second-order valence-corrected chi connectivity index (χ2v) is 5.46. The molecule has 3 nitrogen and oxygen atoms in total. The van der Waals surface area contributed by atoms with E-state index in [0.29, 0.717) is 6.10 Å². The van der Waals surface area contributed by atoms with Gasteiger partial charge in [-0.2, -0.15) is 0 Å². The number of nitrogens with one attached hydrogen (secondary N) is 1. The van der Waals surface area contributed by atoms with Gasteiger partial charge in [-0.3, -0.25) is 0 Å². The van der Waals surface area contributed by atoms with E-state index in [4.69, 9.17) is 4.74 Å². The Bertz CT molecular complexity index is 196. The number of likely N-dealkylation sites (tertiary alicyclic amines) is 1. The lowest BCUT2D eigenvalue weighted by Crippen LogP contribution is -2.47. The van der Waals surface area contributed by atoms with Crippen molar-refractivity contribution in [3.8, 4) is 0 Å². The molecule has 0 atom stereocenters. The molecule has 1 aliphatic carbocycles. The molecule has 3 heteroatoms. The average Bonchev–Trinajstić information content (AvgIpc) is 2.54. The van der Waals surface area contributed by atoms with E-state index in [0.717, 1.165) is 19.2 Å². The van der Waals surface area contributed by atoms with Crippen molar-refractivity contribution in [2.24, 2.45) is 0 Å². The Morgan fingerprint density at radius 3 is 2.47 bits per heavy atom. The van der Waals surface area contributed by atoms with Gasteiger partial charge in [-0.05, 0) is 45.7 Å². The molecule has 0 spiro atoms. The first-order chi connectivity index (χ1) is 8.38. The molecule has 0 radical (unpaired) electrons. The molecule has 17 heavy (non-hydrogen) atoms. The van der Waals surface area contributed by atoms with Crippen LogP contribution in [0.3, 0.4) is 0 Å². The summed E-state index contributed by atoms with van der Waals surface area (Å²) >= 11 is 0. The van der Waals surface area contributed by atoms with Crippen LogP contribution in [0.5, 0.6) is 0 Å². The van der Waals surface area contributed by atoms with Crippen LogP contribution in [0.4, 0.5) is 0 Å². The van der Waals surface area contributed by atoms with Crippen molar-refractivity contribution in [3.63, 3.8) is 0 Å². The van der Waals surface area contributed by atoms with Crippen LogP contribution in [0.15, 0.2) is 0 Å². The summed E-state index contributed by atoms with van der Waals surface area (Å²) in [5, 5.41) is 3.65. The molecule has 0 bridgehead atoms. The number of hydrogen-bond donors (Lipinski definition) is 1. The highest BCUT2D eigenvalue weighted by atomic mass is 16.5. The second kappa shape index (κ2) is 7.34. The molecule has 2 fully saturated rings. The van der Waals surface area contributed by atoms with Crippen LogP contribution in [0, 0.1) is 0 Å². The van der Waals surface area contributed by atoms with Gasteiger partial charge in [0.15, 0.2) is 0 Å². The smallest absolute Gasteiger partial charge is 0.0604 e. The van der Waals surface area contributed by atoms with E-state index in [1.807, 2.05) is 0 Å². The molecule has 1 aliphatic heterocycles. The van der Waals surface area contributed by atoms with E-state index in [1.165, 1.54) is 58.2 Å². The zero-order valence-electron chi connectivity index (χ0n) is 11.3. The van der Waals surface area contributed by atoms with Crippen LogP contribution in [-0.4, -0.2) is 49.8 Å². The minimum absolute atomic E-state index is 0.538. The number of ether oxygens (including phenoxy) is 1. The van der Waals surface area contributed by atoms with E-state index < -0.39 is 0 Å². The molecule has 1 saturated carbocycles. The van der Waals surface area contributed by atoms with Gasteiger partial charge < -0.3 is 15.0 Å². The first kappa shape index (κ1) is 13.3. The molecule has 0 amide bonds. The molecule has 100 valence electrons. The van der Waals surface area contributed by atoms with Gasteiger partial charge in [0.25, 0.3) is 0 Å². The molecular weight excluding hydrogens is 212 g/mol. The molecule has 2 aliphatic rings. The first-order valence-corrected chi connectivity index (χ1v) is 7.46. The van der Waals surface area contributed by atoms with Crippen molar-refractivity contribution in [2.75, 3.05) is 32.8 Å². The van der Waals surface area contributed by atoms with Crippen LogP contribution < -0.4 is 5.32 Å². The highest BCUT2D eigenvalue weighted by molar-refractivity contribution is 4.86. The number of rotatable bonds is 6. The molecule has 0 aromatic rings. The van der Waals surface area contributed by atoms with Gasteiger partial charge in [-0.1, -0.05) is 12.8 Å². The summed E-state index contributed by atoms with van der Waals surface area (Å²) in [5.41, 5.74) is 0. The maximum Gasteiger partial charge on any atom is 0.0604 e. The fourth-order valence-corrected chi connectivity index (χ4v) is 2.89. The van der Waals surface area contributed by atoms with Gasteiger partial charge in [0.05, 0.1) is 6.10 Å². The van der Waals surface area contributed by atoms with Crippen LogP contribution in [-0.2, 0) is 4.74 Å². The SMILES string of the molecule is CCOC1CC(NCCN2CCCCCC2)C1. The molecule has 2 rings (SSSR count). The lowest BCUT2D eigenvalue weighted by atomic mass is 9.89. The third kappa shape index (κ3) is 4.57. The van der Waals surface area contributed by atoms with Crippen LogP contribution in [0.2, 0.25) is 0 Å². The summed E-state index contributed by atoms with van der Waals surface area (Å²) in [6.45, 7) is 7.96. The number of hydrogen-bond acceptors (Lipinski definition) is 3. The van der Waals surface area contributed by atoms with Crippen LogP contribution >= 0.6 is 0 Å². The summed E-state index contributed by atoms with van der Waals surface area (Å²) < 4.78 is 5.57. The lowest BCUT2D eigenvalue weighted by molar-refractivity contribution is -0.0101. The normalized spacial score (nSPS) is 30.9. The van der Waals surface area contributed by atoms with E-state index in [9.17, 15) is 0 Å². The molecular formula is C14H28N2O. The van der Waals surface area contributed by atoms with Gasteiger partial charge >= 0.3 is 0 Å². The Kier molecular flexibility index (Phi) is 5.75. The predicted octanol–water partition coefficient (Wildman–Crippen LogP) is 2.02. The summed E-state index contributed by atoms with van der Waals surface area (Å²) in [6.07, 6.45) is 8.63. The van der Waals surface area contributed by atoms with Gasteiger partial charge in [0, 0.05) is 25.7 Å². The summed E-state index contributed by atoms with van der Waals surface area (Å²) in [4.78, 5) is 2.62. The van der Waals surface area contributed by atoms with Crippen LogP contribution in [0.1, 0.15) is 45.4 Å². The Balaban J connectivity index is 1.49. The fourth-order valence-electron chi connectivity index (χ4n) is 2.89. The van der Waals surface area contributed by atoms with E-state index in [2.05, 4.69) is 17.1 Å². The second-order valence-electron chi connectivity index (χ2n) is 5.46. The van der Waals surface area contributed by atoms with Crippen molar-refractivity contribution in [1.82, 2.24) is 10.2 Å². The maximum atomic E-state index is 5.57. The van der Waals surface area contributed by atoms with E-state index in [1.54, 1.807) is 0 Å². The summed E-state index contributed by atoms with van der Waals surface area (Å²) in [6, 6.07) is 0.721. The van der Waals surface area contributed by atoms with Crippen LogP contribution in [0.25, 0.3) is 0 Å². The highest BCUT2D eigenvalue weighted by Crippen LogP contribution is 2.22. The zero-order chi connectivity index (χ0) is 11.9. The van der Waals surface area contributed by atoms with Crippen molar-refractivity contribution < 1.29 is 4.74 Å². The Labute approximate surface area is 106 Å². The standard InChI is InChI=1S/C14H28N2O/c1-2-17-14-11-13(12-14)15-7-10-16-8-5-3-4-6-9-16/h13-15H,2-12H2,1H3. The quantitative estimate of drug-likeness (QED) is 0.769. The van der Waals surface area contributed by atoms with Crippen molar-refractivity contribution in [1.29, 1.82) is 0 Å². The Morgan fingerprint density at radius 1 is 1.12 bits per heavy atom. The van der Waals surface area contributed by atoms with Crippen molar-refractivity contribution in [3.05, 3.63) is 0 Å². The van der Waals surface area contributed by atoms with Gasteiger partial charge in [0.1, 0.15) is 0 Å². The average molecular weight is 240 g/mol. The summed E-state index contributed by atoms with van der Waals surface area (Å²) in [7, 11) is 0. The largest absolute Gasteiger partial charge is 0.378 e. The van der Waals surface area contributed by atoms with Crippen molar-refractivity contribution in [2.45, 2.75) is 57.6 Å².